The summed E-state index contributed by atoms with van der Waals surface area (Å²) in [6.07, 6.45) is -1.92. The highest BCUT2D eigenvalue weighted by Crippen LogP contribution is 2.31. The third-order valence-corrected chi connectivity index (χ3v) is 5.29. The first-order valence-electron chi connectivity index (χ1n) is 8.23. The number of benzene rings is 1. The van der Waals surface area contributed by atoms with Gasteiger partial charge in [-0.15, -0.1) is 11.3 Å². The predicted molar refractivity (Wildman–Crippen MR) is 91.2 cm³/mol. The lowest BCUT2D eigenvalue weighted by Gasteiger charge is -2.30. The number of thiazole rings is 1. The van der Waals surface area contributed by atoms with Crippen LogP contribution >= 0.6 is 11.3 Å². The number of hydrogen-bond acceptors (Lipinski definition) is 3. The lowest BCUT2D eigenvalue weighted by molar-refractivity contribution is -0.137. The maximum atomic E-state index is 12.6. The van der Waals surface area contributed by atoms with Crippen molar-refractivity contribution < 1.29 is 18.0 Å². The van der Waals surface area contributed by atoms with Crippen LogP contribution in [0.4, 0.5) is 13.2 Å². The molecule has 1 saturated heterocycles. The van der Waals surface area contributed by atoms with E-state index in [0.717, 1.165) is 38.1 Å². The number of hydrogen-bond donors (Lipinski definition) is 0. The van der Waals surface area contributed by atoms with Gasteiger partial charge in [-0.2, -0.15) is 13.2 Å². The first-order valence-corrected chi connectivity index (χ1v) is 9.10. The first kappa shape index (κ1) is 17.9. The van der Waals surface area contributed by atoms with Crippen LogP contribution in [0.25, 0.3) is 10.6 Å². The number of alkyl halides is 3. The monoisotopic (exact) mass is 368 g/mol. The summed E-state index contributed by atoms with van der Waals surface area (Å²) in [4.78, 5) is 18.7. The fourth-order valence-electron chi connectivity index (χ4n) is 3.01. The average Bonchev–Trinajstić information content (AvgIpc) is 3.02. The van der Waals surface area contributed by atoms with E-state index in [1.54, 1.807) is 5.38 Å². The van der Waals surface area contributed by atoms with Crippen LogP contribution in [0.3, 0.4) is 0 Å². The van der Waals surface area contributed by atoms with Crippen LogP contribution in [0.15, 0.2) is 29.6 Å². The Hall–Kier alpha value is -1.89. The smallest absolute Gasteiger partial charge is 0.342 e. The van der Waals surface area contributed by atoms with E-state index in [0.29, 0.717) is 22.2 Å². The summed E-state index contributed by atoms with van der Waals surface area (Å²) in [6.45, 7) is 3.72. The van der Waals surface area contributed by atoms with Gasteiger partial charge < -0.3 is 4.90 Å². The Bertz CT molecular complexity index is 740. The summed E-state index contributed by atoms with van der Waals surface area (Å²) < 4.78 is 37.9. The van der Waals surface area contributed by atoms with E-state index in [1.807, 2.05) is 4.90 Å². The Balaban J connectivity index is 1.67. The summed E-state index contributed by atoms with van der Waals surface area (Å²) in [5, 5.41) is 2.43. The lowest BCUT2D eigenvalue weighted by atomic mass is 10.00. The number of carbonyl (C=O) groups is 1. The molecule has 0 radical (unpaired) electrons. The van der Waals surface area contributed by atoms with Crippen molar-refractivity contribution in [2.45, 2.75) is 32.4 Å². The van der Waals surface area contributed by atoms with Crippen molar-refractivity contribution in [1.82, 2.24) is 9.88 Å². The highest BCUT2D eigenvalue weighted by Gasteiger charge is 2.30. The third kappa shape index (κ3) is 4.39. The molecule has 1 aliphatic heterocycles. The van der Waals surface area contributed by atoms with Crippen LogP contribution in [-0.2, 0) is 17.4 Å². The van der Waals surface area contributed by atoms with E-state index < -0.39 is 11.7 Å². The maximum Gasteiger partial charge on any atom is 0.416 e. The van der Waals surface area contributed by atoms with Crippen molar-refractivity contribution in [2.24, 2.45) is 5.92 Å². The minimum absolute atomic E-state index is 0.0656. The van der Waals surface area contributed by atoms with Gasteiger partial charge in [-0.1, -0.05) is 19.1 Å². The number of nitrogens with zero attached hydrogens (tertiary/aromatic N) is 2. The van der Waals surface area contributed by atoms with E-state index in [9.17, 15) is 18.0 Å². The van der Waals surface area contributed by atoms with E-state index >= 15 is 0 Å². The van der Waals surface area contributed by atoms with Gasteiger partial charge in [-0.25, -0.2) is 4.98 Å². The molecule has 25 heavy (non-hydrogen) atoms. The fraction of sp³-hybridized carbons (Fsp3) is 0.444. The Morgan fingerprint density at radius 1 is 1.32 bits per heavy atom. The molecule has 0 aliphatic carbocycles. The van der Waals surface area contributed by atoms with E-state index in [4.69, 9.17) is 0 Å². The Morgan fingerprint density at radius 2 is 2.04 bits per heavy atom. The molecule has 1 aromatic heterocycles. The molecule has 1 aliphatic rings. The second-order valence-corrected chi connectivity index (χ2v) is 7.34. The Kier molecular flexibility index (Phi) is 5.13. The lowest BCUT2D eigenvalue weighted by Crippen LogP contribution is -2.39. The van der Waals surface area contributed by atoms with Crippen molar-refractivity contribution in [1.29, 1.82) is 0 Å². The van der Waals surface area contributed by atoms with Gasteiger partial charge in [-0.3, -0.25) is 4.79 Å². The molecule has 3 nitrogen and oxygen atoms in total. The molecule has 1 unspecified atom stereocenters. The van der Waals surface area contributed by atoms with Crippen LogP contribution in [0.5, 0.6) is 0 Å². The zero-order valence-corrected chi connectivity index (χ0v) is 14.7. The van der Waals surface area contributed by atoms with Crippen LogP contribution in [0.2, 0.25) is 0 Å². The molecule has 3 rings (SSSR count). The molecule has 134 valence electrons. The SMILES string of the molecule is CC1CCCN(C(=O)Cc2csc(-c3ccc(C(F)(F)F)cc3)n2)C1. The number of halogens is 3. The van der Waals surface area contributed by atoms with Crippen LogP contribution < -0.4 is 0 Å². The largest absolute Gasteiger partial charge is 0.416 e. The zero-order chi connectivity index (χ0) is 18.0. The van der Waals surface area contributed by atoms with Crippen molar-refractivity contribution >= 4 is 17.2 Å². The molecule has 0 bridgehead atoms. The number of carbonyl (C=O) groups excluding carboxylic acids is 1. The van der Waals surface area contributed by atoms with Gasteiger partial charge in [0, 0.05) is 24.0 Å². The van der Waals surface area contributed by atoms with Gasteiger partial charge in [0.2, 0.25) is 5.91 Å². The molecule has 0 N–H and O–H groups in total. The van der Waals surface area contributed by atoms with Crippen molar-refractivity contribution in [3.63, 3.8) is 0 Å². The molecule has 1 amide bonds. The summed E-state index contributed by atoms with van der Waals surface area (Å²) in [6, 6.07) is 4.94. The normalized spacial score (nSPS) is 18.4. The second kappa shape index (κ2) is 7.15. The molecule has 2 heterocycles. The molecule has 2 aromatic rings. The molecule has 0 saturated carbocycles. The quantitative estimate of drug-likeness (QED) is 0.791. The Labute approximate surface area is 148 Å². The van der Waals surface area contributed by atoms with Gasteiger partial charge in [0.15, 0.2) is 0 Å². The average molecular weight is 368 g/mol. The number of likely N-dealkylation sites (tertiary alicyclic amines) is 1. The van der Waals surface area contributed by atoms with Gasteiger partial charge >= 0.3 is 6.18 Å². The standard InChI is InChI=1S/C18H19F3N2OS/c1-12-3-2-8-23(10-12)16(24)9-15-11-25-17(22-15)13-4-6-14(7-5-13)18(19,20)21/h4-7,11-12H,2-3,8-10H2,1H3. The molecule has 1 aromatic carbocycles. The molecule has 7 heteroatoms. The molecule has 1 atom stereocenters. The van der Waals surface area contributed by atoms with Crippen LogP contribution in [-0.4, -0.2) is 28.9 Å². The van der Waals surface area contributed by atoms with Crippen LogP contribution in [0.1, 0.15) is 31.0 Å². The highest BCUT2D eigenvalue weighted by atomic mass is 32.1. The van der Waals surface area contributed by atoms with Crippen molar-refractivity contribution in [3.8, 4) is 10.6 Å². The number of amides is 1. The van der Waals surface area contributed by atoms with Gasteiger partial charge in [0.25, 0.3) is 0 Å². The molecule has 0 spiro atoms. The minimum Gasteiger partial charge on any atom is -0.342 e. The summed E-state index contributed by atoms with van der Waals surface area (Å²) in [7, 11) is 0. The van der Waals surface area contributed by atoms with Gasteiger partial charge in [0.05, 0.1) is 17.7 Å². The van der Waals surface area contributed by atoms with E-state index in [-0.39, 0.29) is 12.3 Å². The van der Waals surface area contributed by atoms with E-state index in [2.05, 4.69) is 11.9 Å². The van der Waals surface area contributed by atoms with Gasteiger partial charge in [-0.05, 0) is 30.9 Å². The summed E-state index contributed by atoms with van der Waals surface area (Å²) in [5.41, 5.74) is 0.619. The summed E-state index contributed by atoms with van der Waals surface area (Å²) in [5.74, 6) is 0.590. The van der Waals surface area contributed by atoms with Gasteiger partial charge in [0.1, 0.15) is 5.01 Å². The maximum absolute atomic E-state index is 12.6. The molecule has 1 fully saturated rings. The fourth-order valence-corrected chi connectivity index (χ4v) is 3.83. The topological polar surface area (TPSA) is 33.2 Å². The highest BCUT2D eigenvalue weighted by molar-refractivity contribution is 7.13. The zero-order valence-electron chi connectivity index (χ0n) is 13.8. The number of piperidine rings is 1. The third-order valence-electron chi connectivity index (χ3n) is 4.35. The summed E-state index contributed by atoms with van der Waals surface area (Å²) >= 11 is 1.34. The van der Waals surface area contributed by atoms with Crippen LogP contribution in [0, 0.1) is 5.92 Å². The van der Waals surface area contributed by atoms with Crippen molar-refractivity contribution in [3.05, 3.63) is 40.9 Å². The van der Waals surface area contributed by atoms with E-state index in [1.165, 1.54) is 23.5 Å². The number of aromatic nitrogens is 1. The predicted octanol–water partition coefficient (Wildman–Crippen LogP) is 4.63. The minimum atomic E-state index is -4.34. The Morgan fingerprint density at radius 3 is 2.68 bits per heavy atom. The first-order chi connectivity index (χ1) is 11.8. The molecular formula is C18H19F3N2OS. The van der Waals surface area contributed by atoms with Crippen molar-refractivity contribution in [2.75, 3.05) is 13.1 Å². The number of rotatable bonds is 3. The molecular weight excluding hydrogens is 349 g/mol. The second-order valence-electron chi connectivity index (χ2n) is 6.48.